The second-order valence-corrected chi connectivity index (χ2v) is 10.5. The Bertz CT molecular complexity index is 1420. The topological polar surface area (TPSA) is 90.4 Å². The Balaban J connectivity index is 1.36. The van der Waals surface area contributed by atoms with Crippen molar-refractivity contribution in [3.8, 4) is 23.1 Å². The van der Waals surface area contributed by atoms with Crippen LogP contribution in [0, 0.1) is 11.3 Å². The summed E-state index contributed by atoms with van der Waals surface area (Å²) in [4.78, 5) is 6.72. The highest BCUT2D eigenvalue weighted by Gasteiger charge is 2.35. The minimum Gasteiger partial charge on any atom is -0.508 e. The van der Waals surface area contributed by atoms with Crippen molar-refractivity contribution in [2.24, 2.45) is 0 Å². The first-order chi connectivity index (χ1) is 19.5. The molecule has 206 valence electrons. The summed E-state index contributed by atoms with van der Waals surface area (Å²) < 4.78 is 5.22. The number of nitriles is 1. The molecule has 1 fully saturated rings. The summed E-state index contributed by atoms with van der Waals surface area (Å²) >= 11 is 0. The van der Waals surface area contributed by atoms with Crippen LogP contribution in [0.4, 0.5) is 0 Å². The predicted octanol–water partition coefficient (Wildman–Crippen LogP) is 4.88. The predicted molar refractivity (Wildman–Crippen MR) is 154 cm³/mol. The van der Waals surface area contributed by atoms with E-state index in [1.807, 2.05) is 18.2 Å². The van der Waals surface area contributed by atoms with Gasteiger partial charge in [0.05, 0.1) is 31.5 Å². The van der Waals surface area contributed by atoms with Crippen LogP contribution in [0.3, 0.4) is 0 Å². The minimum atomic E-state index is 0.00504. The monoisotopic (exact) mass is 536 g/mol. The average Bonchev–Trinajstić information content (AvgIpc) is 3.44. The van der Waals surface area contributed by atoms with Gasteiger partial charge in [-0.15, -0.1) is 0 Å². The molecule has 5 rings (SSSR count). The van der Waals surface area contributed by atoms with Gasteiger partial charge in [0.25, 0.3) is 0 Å². The summed E-state index contributed by atoms with van der Waals surface area (Å²) in [7, 11) is 0. The van der Waals surface area contributed by atoms with Gasteiger partial charge in [-0.2, -0.15) is 20.3 Å². The summed E-state index contributed by atoms with van der Waals surface area (Å²) in [6.45, 7) is 8.37. The minimum absolute atomic E-state index is 0.00504. The molecule has 1 N–H and O–H groups in total. The van der Waals surface area contributed by atoms with Crippen LogP contribution in [0.25, 0.3) is 11.3 Å². The molecule has 8 heteroatoms. The molecule has 3 atom stereocenters. The van der Waals surface area contributed by atoms with Gasteiger partial charge in [0.2, 0.25) is 0 Å². The van der Waals surface area contributed by atoms with Crippen molar-refractivity contribution in [1.29, 1.82) is 5.26 Å². The molecule has 0 amide bonds. The van der Waals surface area contributed by atoms with Crippen molar-refractivity contribution in [3.63, 3.8) is 0 Å². The first-order valence-electron chi connectivity index (χ1n) is 13.8. The molecule has 2 heterocycles. The number of nitrogens with zero attached hydrogens (tertiary/aromatic N) is 6. The van der Waals surface area contributed by atoms with E-state index >= 15 is 0 Å². The third kappa shape index (κ3) is 6.57. The lowest BCUT2D eigenvalue weighted by atomic mass is 9.92. The highest BCUT2D eigenvalue weighted by molar-refractivity contribution is 5.58. The number of phenolic OH excluding ortho intramolecular Hbond substituents is 1. The second kappa shape index (κ2) is 12.9. The fourth-order valence-corrected chi connectivity index (χ4v) is 5.53. The quantitative estimate of drug-likeness (QED) is 0.289. The number of hydrogen-bond donors (Lipinski definition) is 1. The molecule has 3 aromatic carbocycles. The number of rotatable bonds is 10. The lowest BCUT2D eigenvalue weighted by Gasteiger charge is -2.47. The maximum atomic E-state index is 10.3. The number of piperazine rings is 1. The van der Waals surface area contributed by atoms with Crippen molar-refractivity contribution in [2.45, 2.75) is 45.1 Å². The molecular formula is C32H36N6O2. The molecule has 40 heavy (non-hydrogen) atoms. The van der Waals surface area contributed by atoms with Gasteiger partial charge in [-0.3, -0.25) is 9.80 Å². The summed E-state index contributed by atoms with van der Waals surface area (Å²) in [5.41, 5.74) is 5.35. The van der Waals surface area contributed by atoms with Gasteiger partial charge >= 0.3 is 0 Å². The Hall–Kier alpha value is -4.03. The molecule has 1 aliphatic heterocycles. The molecule has 1 aliphatic rings. The highest BCUT2D eigenvalue weighted by Crippen LogP contribution is 2.35. The van der Waals surface area contributed by atoms with Crippen molar-refractivity contribution < 1.29 is 9.84 Å². The zero-order chi connectivity index (χ0) is 27.9. The number of ether oxygens (including phenoxy) is 1. The molecule has 4 aromatic rings. The number of phenols is 1. The van der Waals surface area contributed by atoms with Crippen LogP contribution in [0.2, 0.25) is 0 Å². The summed E-state index contributed by atoms with van der Waals surface area (Å²) in [6.07, 6.45) is 1.75. The van der Waals surface area contributed by atoms with Crippen LogP contribution in [0.1, 0.15) is 36.6 Å². The Morgan fingerprint density at radius 1 is 0.975 bits per heavy atom. The highest BCUT2D eigenvalue weighted by atomic mass is 16.5. The summed E-state index contributed by atoms with van der Waals surface area (Å²) in [6, 6.07) is 29.5. The average molecular weight is 537 g/mol. The molecule has 8 nitrogen and oxygen atoms in total. The molecule has 0 bridgehead atoms. The lowest BCUT2D eigenvalue weighted by molar-refractivity contribution is 0.0195. The zero-order valence-electron chi connectivity index (χ0n) is 23.1. The van der Waals surface area contributed by atoms with E-state index in [1.165, 1.54) is 11.1 Å². The smallest absolute Gasteiger partial charge is 0.133 e. The van der Waals surface area contributed by atoms with E-state index < -0.39 is 0 Å². The number of hydrogen-bond acceptors (Lipinski definition) is 7. The molecule has 0 aliphatic carbocycles. The van der Waals surface area contributed by atoms with Crippen LogP contribution < -0.4 is 0 Å². The van der Waals surface area contributed by atoms with E-state index in [0.717, 1.165) is 36.5 Å². The van der Waals surface area contributed by atoms with Gasteiger partial charge in [-0.1, -0.05) is 66.7 Å². The Kier molecular flexibility index (Phi) is 8.87. The Labute approximate surface area is 236 Å². The molecule has 0 radical (unpaired) electrons. The Morgan fingerprint density at radius 2 is 1.77 bits per heavy atom. The van der Waals surface area contributed by atoms with Crippen molar-refractivity contribution >= 4 is 0 Å². The maximum absolute atomic E-state index is 10.3. The first-order valence-corrected chi connectivity index (χ1v) is 13.8. The molecule has 0 spiro atoms. The van der Waals surface area contributed by atoms with Crippen molar-refractivity contribution in [3.05, 3.63) is 102 Å². The van der Waals surface area contributed by atoms with E-state index in [1.54, 1.807) is 17.1 Å². The lowest BCUT2D eigenvalue weighted by Crippen LogP contribution is -2.56. The SMILES string of the molecule is C[C@@H]1CN([C@H](c2ccc(-c3cnn(CCOCC#N)n3)cc2)c2cccc(O)c2)[C@@H](C)CN1Cc1ccccc1. The fraction of sp³-hybridized carbons (Fsp3) is 0.344. The number of benzene rings is 3. The Morgan fingerprint density at radius 3 is 2.52 bits per heavy atom. The van der Waals surface area contributed by atoms with Gasteiger partial charge in [0.15, 0.2) is 0 Å². The molecule has 0 saturated carbocycles. The third-order valence-electron chi connectivity index (χ3n) is 7.57. The van der Waals surface area contributed by atoms with E-state index in [4.69, 9.17) is 10.00 Å². The van der Waals surface area contributed by atoms with Gasteiger partial charge in [-0.05, 0) is 42.7 Å². The zero-order valence-corrected chi connectivity index (χ0v) is 23.1. The third-order valence-corrected chi connectivity index (χ3v) is 7.57. The number of aromatic nitrogens is 3. The maximum Gasteiger partial charge on any atom is 0.133 e. The van der Waals surface area contributed by atoms with E-state index in [2.05, 4.69) is 94.5 Å². The summed E-state index contributed by atoms with van der Waals surface area (Å²) in [5.74, 6) is 0.276. The van der Waals surface area contributed by atoms with Crippen LogP contribution in [0.5, 0.6) is 5.75 Å². The van der Waals surface area contributed by atoms with Gasteiger partial charge in [0.1, 0.15) is 18.1 Å². The van der Waals surface area contributed by atoms with Gasteiger partial charge in [-0.25, -0.2) is 0 Å². The van der Waals surface area contributed by atoms with Gasteiger partial charge in [0, 0.05) is 37.3 Å². The summed E-state index contributed by atoms with van der Waals surface area (Å²) in [5, 5.41) is 27.9. The van der Waals surface area contributed by atoms with Crippen LogP contribution in [-0.4, -0.2) is 68.3 Å². The van der Waals surface area contributed by atoms with E-state index in [-0.39, 0.29) is 18.4 Å². The van der Waals surface area contributed by atoms with Crippen molar-refractivity contribution in [2.75, 3.05) is 26.3 Å². The van der Waals surface area contributed by atoms with E-state index in [9.17, 15) is 5.11 Å². The van der Waals surface area contributed by atoms with Crippen LogP contribution >= 0.6 is 0 Å². The normalized spacial score (nSPS) is 18.8. The fourth-order valence-electron chi connectivity index (χ4n) is 5.53. The first kappa shape index (κ1) is 27.5. The van der Waals surface area contributed by atoms with Gasteiger partial charge < -0.3 is 9.84 Å². The van der Waals surface area contributed by atoms with Crippen molar-refractivity contribution in [1.82, 2.24) is 24.8 Å². The largest absolute Gasteiger partial charge is 0.508 e. The van der Waals surface area contributed by atoms with E-state index in [0.29, 0.717) is 25.2 Å². The standard InChI is InChI=1S/C32H36N6O2/c1-24-22-37(25(2)21-36(24)23-26-7-4-3-5-8-26)32(29-9-6-10-30(39)19-29)28-13-11-27(12-14-28)31-20-34-38(35-31)16-18-40-17-15-33/h3-14,19-20,24-25,32,39H,16-18,21-23H2,1-2H3/t24-,25+,32-/m1/s1. The molecule has 1 saturated heterocycles. The molecular weight excluding hydrogens is 500 g/mol. The van der Waals surface area contributed by atoms with Crippen LogP contribution in [-0.2, 0) is 17.8 Å². The number of aromatic hydroxyl groups is 1. The van der Waals surface area contributed by atoms with Crippen LogP contribution in [0.15, 0.2) is 85.1 Å². The second-order valence-electron chi connectivity index (χ2n) is 10.5. The molecule has 0 unspecified atom stereocenters. The molecule has 1 aromatic heterocycles.